The van der Waals surface area contributed by atoms with Crippen LogP contribution in [-0.4, -0.2) is 0 Å². The van der Waals surface area contributed by atoms with Crippen LogP contribution in [0, 0.1) is 0 Å². The van der Waals surface area contributed by atoms with E-state index in [1.165, 1.54) is 110 Å². The van der Waals surface area contributed by atoms with Crippen molar-refractivity contribution in [2.45, 2.75) is 30.1 Å². The molecule has 0 N–H and O–H groups in total. The van der Waals surface area contributed by atoms with Gasteiger partial charge in [-0.1, -0.05) is 178 Å². The summed E-state index contributed by atoms with van der Waals surface area (Å²) in [5.74, 6) is 0. The Bertz CT molecular complexity index is 3100. The maximum atomic E-state index is 2.59. The van der Waals surface area contributed by atoms with Gasteiger partial charge in [-0.05, 0) is 107 Å². The second-order valence-electron chi connectivity index (χ2n) is 16.7. The van der Waals surface area contributed by atoms with Gasteiger partial charge in [0.05, 0.1) is 10.8 Å². The maximum absolute atomic E-state index is 2.59. The SMILES string of the molecule is CC1(C)c2ccc(-c3ccc4c(c3)C3(c5ccccc5-c5ccccc53)c3ccccc3C43c4ccccc4-c4ccccc43)cc2-c2c1sc1ccccc21. The fourth-order valence-electron chi connectivity index (χ4n) is 11.8. The Kier molecular flexibility index (Phi) is 5.82. The molecule has 0 fully saturated rings. The van der Waals surface area contributed by atoms with Crippen LogP contribution in [-0.2, 0) is 16.2 Å². The van der Waals surface area contributed by atoms with Gasteiger partial charge in [-0.15, -0.1) is 11.3 Å². The van der Waals surface area contributed by atoms with Crippen LogP contribution in [0.1, 0.15) is 68.8 Å². The molecule has 1 aromatic heterocycles. The largest absolute Gasteiger partial charge is 0.139 e. The molecule has 0 unspecified atom stereocenters. The van der Waals surface area contributed by atoms with E-state index in [9.17, 15) is 0 Å². The van der Waals surface area contributed by atoms with Gasteiger partial charge in [0.2, 0.25) is 0 Å². The highest BCUT2D eigenvalue weighted by atomic mass is 32.1. The van der Waals surface area contributed by atoms with Gasteiger partial charge in [-0.3, -0.25) is 0 Å². The molecule has 13 rings (SSSR count). The first-order chi connectivity index (χ1) is 27.5. The second kappa shape index (κ2) is 10.5. The zero-order valence-corrected chi connectivity index (χ0v) is 32.0. The Morgan fingerprint density at radius 2 is 0.750 bits per heavy atom. The van der Waals surface area contributed by atoms with Crippen LogP contribution in [0.4, 0.5) is 0 Å². The van der Waals surface area contributed by atoms with E-state index in [-0.39, 0.29) is 5.41 Å². The van der Waals surface area contributed by atoms with Gasteiger partial charge in [0.1, 0.15) is 0 Å². The summed E-state index contributed by atoms with van der Waals surface area (Å²) in [5, 5.41) is 1.37. The van der Waals surface area contributed by atoms with Gasteiger partial charge >= 0.3 is 0 Å². The van der Waals surface area contributed by atoms with E-state index < -0.39 is 10.8 Å². The molecule has 9 aromatic rings. The Balaban J connectivity index is 1.16. The lowest BCUT2D eigenvalue weighted by molar-refractivity contribution is 0.633. The summed E-state index contributed by atoms with van der Waals surface area (Å²) in [4.78, 5) is 1.48. The summed E-state index contributed by atoms with van der Waals surface area (Å²) in [7, 11) is 0. The third kappa shape index (κ3) is 3.45. The minimum absolute atomic E-state index is 0.0383. The summed E-state index contributed by atoms with van der Waals surface area (Å²) in [6.45, 7) is 4.80. The highest BCUT2D eigenvalue weighted by Crippen LogP contribution is 2.67. The van der Waals surface area contributed by atoms with Gasteiger partial charge in [0, 0.05) is 25.9 Å². The van der Waals surface area contributed by atoms with Crippen LogP contribution in [0.3, 0.4) is 0 Å². The Hall–Kier alpha value is -6.28. The summed E-state index contributed by atoms with van der Waals surface area (Å²) in [6.07, 6.45) is 0. The predicted octanol–water partition coefficient (Wildman–Crippen LogP) is 13.9. The molecular formula is C55H36S. The van der Waals surface area contributed by atoms with Crippen LogP contribution >= 0.6 is 11.3 Å². The molecule has 0 radical (unpaired) electrons. The van der Waals surface area contributed by atoms with Crippen LogP contribution in [0.5, 0.6) is 0 Å². The highest BCUT2D eigenvalue weighted by molar-refractivity contribution is 7.20. The quantitative estimate of drug-likeness (QED) is 0.158. The molecule has 0 nitrogen and oxygen atoms in total. The molecule has 8 aromatic carbocycles. The van der Waals surface area contributed by atoms with Gasteiger partial charge in [-0.25, -0.2) is 0 Å². The molecule has 2 spiro atoms. The van der Waals surface area contributed by atoms with Crippen molar-refractivity contribution in [1.82, 2.24) is 0 Å². The third-order valence-corrected chi connectivity index (χ3v) is 15.4. The molecule has 0 bridgehead atoms. The maximum Gasteiger partial charge on any atom is 0.0720 e. The van der Waals surface area contributed by atoms with E-state index in [4.69, 9.17) is 0 Å². The summed E-state index contributed by atoms with van der Waals surface area (Å²) < 4.78 is 1.37. The van der Waals surface area contributed by atoms with Crippen LogP contribution in [0.25, 0.3) is 54.6 Å². The van der Waals surface area contributed by atoms with Gasteiger partial charge in [0.15, 0.2) is 0 Å². The lowest BCUT2D eigenvalue weighted by atomic mass is 9.52. The van der Waals surface area contributed by atoms with E-state index in [1.54, 1.807) is 0 Å². The number of thiophene rings is 1. The average molecular weight is 729 g/mol. The number of benzene rings is 8. The van der Waals surface area contributed by atoms with Crippen LogP contribution < -0.4 is 0 Å². The zero-order valence-electron chi connectivity index (χ0n) is 31.2. The third-order valence-electron chi connectivity index (χ3n) is 13.9. The smallest absolute Gasteiger partial charge is 0.0720 e. The standard InChI is InChI=1S/C55H36S/c1-53(2)41-29-27-33(31-40(41)51-39-19-7-14-26-50(39)56-52(51)53)34-28-30-48-49(32-34)55(44-22-10-5-17-37(44)38-18-6-11-23-45(38)55)47-25-13-12-24-46(47)54(48)42-20-8-3-15-35(42)36-16-4-9-21-43(36)54/h3-32H,1-2H3. The number of fused-ring (bicyclic) bond motifs is 21. The lowest BCUT2D eigenvalue weighted by Gasteiger charge is -2.49. The minimum Gasteiger partial charge on any atom is -0.139 e. The summed E-state index contributed by atoms with van der Waals surface area (Å²) >= 11 is 1.96. The van der Waals surface area contributed by atoms with Crippen molar-refractivity contribution in [3.63, 3.8) is 0 Å². The summed E-state index contributed by atoms with van der Waals surface area (Å²) in [6, 6.07) is 69.9. The molecule has 1 heterocycles. The van der Waals surface area contributed by atoms with Gasteiger partial charge in [-0.2, -0.15) is 0 Å². The normalized spacial score (nSPS) is 16.1. The Morgan fingerprint density at radius 1 is 0.339 bits per heavy atom. The predicted molar refractivity (Wildman–Crippen MR) is 233 cm³/mol. The number of rotatable bonds is 1. The molecule has 0 saturated heterocycles. The fraction of sp³-hybridized carbons (Fsp3) is 0.0909. The first kappa shape index (κ1) is 31.0. The Morgan fingerprint density at radius 3 is 1.30 bits per heavy atom. The minimum atomic E-state index is -0.498. The topological polar surface area (TPSA) is 0 Å². The first-order valence-corrected chi connectivity index (χ1v) is 20.7. The van der Waals surface area contributed by atoms with E-state index in [2.05, 4.69) is 196 Å². The molecule has 4 aliphatic rings. The van der Waals surface area contributed by atoms with E-state index in [0.717, 1.165) is 0 Å². The first-order valence-electron chi connectivity index (χ1n) is 19.8. The van der Waals surface area contributed by atoms with Gasteiger partial charge < -0.3 is 0 Å². The van der Waals surface area contributed by atoms with Crippen LogP contribution in [0.2, 0.25) is 0 Å². The highest BCUT2D eigenvalue weighted by Gasteiger charge is 2.59. The molecular weight excluding hydrogens is 693 g/mol. The molecule has 0 aliphatic heterocycles. The average Bonchev–Trinajstić information content (AvgIpc) is 3.94. The monoisotopic (exact) mass is 728 g/mol. The molecule has 1 heteroatoms. The van der Waals surface area contributed by atoms with Crippen molar-refractivity contribution >= 4 is 21.4 Å². The molecule has 56 heavy (non-hydrogen) atoms. The number of hydrogen-bond donors (Lipinski definition) is 0. The van der Waals surface area contributed by atoms with Crippen molar-refractivity contribution in [2.75, 3.05) is 0 Å². The van der Waals surface area contributed by atoms with E-state index in [0.29, 0.717) is 0 Å². The van der Waals surface area contributed by atoms with Crippen molar-refractivity contribution in [3.05, 3.63) is 237 Å². The van der Waals surface area contributed by atoms with Crippen molar-refractivity contribution in [3.8, 4) is 44.5 Å². The molecule has 0 amide bonds. The van der Waals surface area contributed by atoms with Gasteiger partial charge in [0.25, 0.3) is 0 Å². The molecule has 0 saturated carbocycles. The fourth-order valence-corrected chi connectivity index (χ4v) is 13.1. The van der Waals surface area contributed by atoms with Crippen LogP contribution in [0.15, 0.2) is 182 Å². The summed E-state index contributed by atoms with van der Waals surface area (Å²) in [5.41, 5.74) is 22.0. The van der Waals surface area contributed by atoms with Crippen molar-refractivity contribution < 1.29 is 0 Å². The van der Waals surface area contributed by atoms with Crippen molar-refractivity contribution in [1.29, 1.82) is 0 Å². The van der Waals surface area contributed by atoms with E-state index >= 15 is 0 Å². The number of hydrogen-bond acceptors (Lipinski definition) is 1. The van der Waals surface area contributed by atoms with E-state index in [1.807, 2.05) is 11.3 Å². The lowest BCUT2D eigenvalue weighted by Crippen LogP contribution is -2.43. The molecule has 4 aliphatic carbocycles. The molecule has 262 valence electrons. The zero-order chi connectivity index (χ0) is 37.0. The van der Waals surface area contributed by atoms with Crippen molar-refractivity contribution in [2.24, 2.45) is 0 Å². The second-order valence-corrected chi connectivity index (χ2v) is 17.7. The molecule has 0 atom stereocenters. The Labute approximate surface area is 331 Å².